The molecular weight excluding hydrogens is 687 g/mol. The highest BCUT2D eigenvalue weighted by atomic mass is 35.5. The van der Waals surface area contributed by atoms with E-state index in [4.69, 9.17) is 16.3 Å². The minimum Gasteiger partial charge on any atom is -0.484 e. The monoisotopic (exact) mass is 711 g/mol. The highest BCUT2D eigenvalue weighted by Crippen LogP contribution is 2.68. The van der Waals surface area contributed by atoms with Gasteiger partial charge in [-0.05, 0) is 78.3 Å². The molecular formula is C34H25ClF3N3O5S2. The molecule has 4 aliphatic rings. The first-order valence-electron chi connectivity index (χ1n) is 15.2. The average Bonchev–Trinajstić information content (AvgIpc) is 3.79. The second kappa shape index (κ2) is 11.5. The summed E-state index contributed by atoms with van der Waals surface area (Å²) in [5, 5.41) is 3.57. The van der Waals surface area contributed by atoms with Crippen LogP contribution in [0, 0.1) is 29.6 Å². The fourth-order valence-electron chi connectivity index (χ4n) is 8.18. The third kappa shape index (κ3) is 5.05. The van der Waals surface area contributed by atoms with Crippen molar-refractivity contribution in [2.45, 2.75) is 28.8 Å². The number of ether oxygens (including phenoxy) is 1. The fourth-order valence-corrected chi connectivity index (χ4v) is 11.2. The normalized spacial score (nSPS) is 27.1. The zero-order valence-corrected chi connectivity index (χ0v) is 27.1. The second-order valence-electron chi connectivity index (χ2n) is 12.4. The Hall–Kier alpha value is -4.07. The van der Waals surface area contributed by atoms with Crippen LogP contribution in [0.15, 0.2) is 82.6 Å². The number of rotatable bonds is 6. The summed E-state index contributed by atoms with van der Waals surface area (Å²) in [6.07, 6.45) is -3.88. The number of thioether (sulfide) groups is 1. The van der Waals surface area contributed by atoms with Gasteiger partial charge in [0.2, 0.25) is 11.8 Å². The molecule has 3 fully saturated rings. The van der Waals surface area contributed by atoms with E-state index in [2.05, 4.69) is 10.3 Å². The number of fused-ring (bicyclic) bond motifs is 9. The van der Waals surface area contributed by atoms with E-state index < -0.39 is 36.1 Å². The van der Waals surface area contributed by atoms with Crippen LogP contribution in [0.2, 0.25) is 5.02 Å². The lowest BCUT2D eigenvalue weighted by atomic mass is 9.68. The van der Waals surface area contributed by atoms with Crippen molar-refractivity contribution in [1.82, 2.24) is 4.98 Å². The van der Waals surface area contributed by atoms with Gasteiger partial charge in [-0.2, -0.15) is 13.2 Å². The standard InChI is InChI=1S/C34H25ClF3N3O5S2/c35-16-7-9-17(10-8-16)41-31(43)26-19-13-20(27(26)32(41)44)28-25(19)24(29-30(47-28)40-33(45)48-29)15-5-11-18(12-6-15)46-14-23(42)39-22-4-2-1-3-21(22)34(36,37)38/h1-12,19-20,24-28H,13-14H2,(H,39,42)(H,40,45)/t19-,20-,24-,25?,26?,27?,28?/m1/s1. The lowest BCUT2D eigenvalue weighted by Gasteiger charge is -2.43. The number of amides is 3. The first-order chi connectivity index (χ1) is 23.0. The molecule has 7 atom stereocenters. The molecule has 4 unspecified atom stereocenters. The lowest BCUT2D eigenvalue weighted by molar-refractivity contribution is -0.137. The highest BCUT2D eigenvalue weighted by molar-refractivity contribution is 8.00. The minimum absolute atomic E-state index is 0.00614. The molecule has 2 bridgehead atoms. The Balaban J connectivity index is 1.03. The Bertz CT molecular complexity index is 2020. The Kier molecular flexibility index (Phi) is 7.49. The molecule has 2 saturated carbocycles. The number of thiazole rings is 1. The maximum atomic E-state index is 13.9. The lowest BCUT2D eigenvalue weighted by Crippen LogP contribution is -2.42. The van der Waals surface area contributed by atoms with Gasteiger partial charge in [-0.25, -0.2) is 0 Å². The van der Waals surface area contributed by atoms with Crippen molar-refractivity contribution >= 4 is 63.8 Å². The van der Waals surface area contributed by atoms with Crippen molar-refractivity contribution in [1.29, 1.82) is 0 Å². The number of hydrogen-bond acceptors (Lipinski definition) is 7. The van der Waals surface area contributed by atoms with E-state index in [1.54, 1.807) is 48.2 Å². The first kappa shape index (κ1) is 31.2. The molecule has 8 nitrogen and oxygen atoms in total. The van der Waals surface area contributed by atoms with E-state index in [-0.39, 0.29) is 51.3 Å². The molecule has 2 aliphatic carbocycles. The fraction of sp³-hybridized carbons (Fsp3) is 0.294. The average molecular weight is 712 g/mol. The van der Waals surface area contributed by atoms with E-state index in [0.717, 1.165) is 39.3 Å². The number of hydrogen-bond donors (Lipinski definition) is 2. The number of aromatic nitrogens is 1. The number of nitrogens with one attached hydrogen (secondary N) is 2. The van der Waals surface area contributed by atoms with Crippen LogP contribution in [0.1, 0.15) is 28.3 Å². The molecule has 14 heteroatoms. The number of para-hydroxylation sites is 1. The molecule has 0 radical (unpaired) electrons. The molecule has 48 heavy (non-hydrogen) atoms. The van der Waals surface area contributed by atoms with Gasteiger partial charge < -0.3 is 15.0 Å². The van der Waals surface area contributed by atoms with Crippen LogP contribution < -0.4 is 19.8 Å². The van der Waals surface area contributed by atoms with Gasteiger partial charge in [-0.1, -0.05) is 47.2 Å². The van der Waals surface area contributed by atoms with Gasteiger partial charge in [0.25, 0.3) is 5.91 Å². The third-order valence-electron chi connectivity index (χ3n) is 9.92. The molecule has 2 N–H and O–H groups in total. The van der Waals surface area contributed by atoms with Gasteiger partial charge in [0.15, 0.2) is 6.61 Å². The van der Waals surface area contributed by atoms with E-state index in [9.17, 15) is 32.3 Å². The first-order valence-corrected chi connectivity index (χ1v) is 17.3. The molecule has 3 heterocycles. The molecule has 1 aromatic heterocycles. The van der Waals surface area contributed by atoms with Crippen LogP contribution in [0.4, 0.5) is 24.5 Å². The zero-order chi connectivity index (χ0) is 33.5. The number of carbonyl (C=O) groups excluding carboxylic acids is 3. The summed E-state index contributed by atoms with van der Waals surface area (Å²) in [5.74, 6) is -2.00. The van der Waals surface area contributed by atoms with E-state index in [0.29, 0.717) is 16.5 Å². The smallest absolute Gasteiger partial charge is 0.418 e. The molecule has 246 valence electrons. The van der Waals surface area contributed by atoms with E-state index in [1.165, 1.54) is 23.1 Å². The second-order valence-corrected chi connectivity index (χ2v) is 15.0. The SMILES string of the molecule is O=C(COc1ccc([C@H]2c3sc(=O)[nH]c3SC3C2[C@H]2C[C@@H]3C3C(=O)N(c4ccc(Cl)cc4)C(=O)C32)cc1)Nc1ccccc1C(F)(F)F. The van der Waals surface area contributed by atoms with Gasteiger partial charge in [0.1, 0.15) is 5.75 Å². The topological polar surface area (TPSA) is 109 Å². The predicted molar refractivity (Wildman–Crippen MR) is 174 cm³/mol. The largest absolute Gasteiger partial charge is 0.484 e. The minimum atomic E-state index is -4.62. The van der Waals surface area contributed by atoms with Crippen molar-refractivity contribution in [2.75, 3.05) is 16.8 Å². The number of carbonyl (C=O) groups is 3. The number of nitrogens with zero attached hydrogens (tertiary/aromatic N) is 1. The number of aromatic amines is 1. The van der Waals surface area contributed by atoms with Crippen LogP contribution in [-0.2, 0) is 20.6 Å². The van der Waals surface area contributed by atoms with Crippen molar-refractivity contribution in [2.24, 2.45) is 29.6 Å². The quantitative estimate of drug-likeness (QED) is 0.213. The number of halogens is 4. The summed E-state index contributed by atoms with van der Waals surface area (Å²) >= 11 is 8.80. The number of alkyl halides is 3. The number of anilines is 2. The Labute approximate surface area is 284 Å². The summed E-state index contributed by atoms with van der Waals surface area (Å²) in [6.45, 7) is -0.507. The Morgan fingerprint density at radius 1 is 0.958 bits per heavy atom. The molecule has 3 amide bonds. The molecule has 8 rings (SSSR count). The predicted octanol–water partition coefficient (Wildman–Crippen LogP) is 6.80. The molecule has 3 aromatic carbocycles. The van der Waals surface area contributed by atoms with Crippen LogP contribution in [0.3, 0.4) is 0 Å². The molecule has 4 aromatic rings. The third-order valence-corrected chi connectivity index (χ3v) is 12.8. The summed E-state index contributed by atoms with van der Waals surface area (Å²) in [6, 6.07) is 18.5. The maximum Gasteiger partial charge on any atom is 0.418 e. The van der Waals surface area contributed by atoms with Gasteiger partial charge >= 0.3 is 11.0 Å². The zero-order valence-electron chi connectivity index (χ0n) is 24.7. The molecule has 1 saturated heterocycles. The summed E-state index contributed by atoms with van der Waals surface area (Å²) in [5.41, 5.74) is 0.0963. The van der Waals surface area contributed by atoms with Crippen LogP contribution >= 0.6 is 34.7 Å². The molecule has 2 aliphatic heterocycles. The highest BCUT2D eigenvalue weighted by Gasteiger charge is 2.69. The van der Waals surface area contributed by atoms with E-state index in [1.807, 2.05) is 12.1 Å². The van der Waals surface area contributed by atoms with Gasteiger partial charge in [0.05, 0.1) is 33.8 Å². The van der Waals surface area contributed by atoms with Crippen LogP contribution in [-0.4, -0.2) is 34.6 Å². The summed E-state index contributed by atoms with van der Waals surface area (Å²) in [4.78, 5) is 57.7. The van der Waals surface area contributed by atoms with Gasteiger partial charge in [-0.15, -0.1) is 11.8 Å². The Morgan fingerprint density at radius 3 is 2.35 bits per heavy atom. The van der Waals surface area contributed by atoms with Gasteiger partial charge in [0, 0.05) is 21.1 Å². The van der Waals surface area contributed by atoms with Crippen LogP contribution in [0.25, 0.3) is 0 Å². The molecule has 0 spiro atoms. The Morgan fingerprint density at radius 2 is 1.65 bits per heavy atom. The van der Waals surface area contributed by atoms with Crippen molar-refractivity contribution in [3.63, 3.8) is 0 Å². The van der Waals surface area contributed by atoms with Crippen LogP contribution in [0.5, 0.6) is 5.75 Å². The summed E-state index contributed by atoms with van der Waals surface area (Å²) < 4.78 is 45.6. The number of H-pyrrole nitrogens is 1. The maximum absolute atomic E-state index is 13.9. The van der Waals surface area contributed by atoms with Crippen molar-refractivity contribution in [3.8, 4) is 5.75 Å². The van der Waals surface area contributed by atoms with Crippen molar-refractivity contribution in [3.05, 3.63) is 103 Å². The van der Waals surface area contributed by atoms with Crippen molar-refractivity contribution < 1.29 is 32.3 Å². The van der Waals surface area contributed by atoms with Gasteiger partial charge in [-0.3, -0.25) is 24.1 Å². The summed E-state index contributed by atoms with van der Waals surface area (Å²) in [7, 11) is 0. The van der Waals surface area contributed by atoms with E-state index >= 15 is 0 Å². The number of imide groups is 1. The number of benzene rings is 3.